The van der Waals surface area contributed by atoms with E-state index in [1.165, 1.54) is 6.42 Å². The van der Waals surface area contributed by atoms with Gasteiger partial charge in [-0.15, -0.1) is 0 Å². The Kier molecular flexibility index (Phi) is 3.76. The normalized spacial score (nSPS) is 26.2. The van der Waals surface area contributed by atoms with Crippen LogP contribution in [0, 0.1) is 0 Å². The molecule has 4 nitrogen and oxygen atoms in total. The van der Waals surface area contributed by atoms with Gasteiger partial charge in [0, 0.05) is 6.54 Å². The summed E-state index contributed by atoms with van der Waals surface area (Å²) in [6.07, 6.45) is 5.58. The summed E-state index contributed by atoms with van der Waals surface area (Å²) in [5.74, 6) is -0.232. The Morgan fingerprint density at radius 3 is 2.45 bits per heavy atom. The molecule has 20 heavy (non-hydrogen) atoms. The number of carbonyl (C=O) groups excluding carboxylic acids is 1. The maximum absolute atomic E-state index is 12.4. The second kappa shape index (κ2) is 5.54. The highest BCUT2D eigenvalue weighted by Gasteiger charge is 2.56. The van der Waals surface area contributed by atoms with E-state index in [0.29, 0.717) is 13.2 Å². The first-order chi connectivity index (χ1) is 9.74. The van der Waals surface area contributed by atoms with Gasteiger partial charge in [0.2, 0.25) is 5.60 Å². The highest BCUT2D eigenvalue weighted by molar-refractivity contribution is 5.84. The lowest BCUT2D eigenvalue weighted by molar-refractivity contribution is -0.157. The summed E-state index contributed by atoms with van der Waals surface area (Å²) in [5, 5.41) is 0. The zero-order valence-electron chi connectivity index (χ0n) is 11.6. The number of benzene rings is 1. The van der Waals surface area contributed by atoms with Gasteiger partial charge in [0.05, 0.1) is 6.61 Å². The van der Waals surface area contributed by atoms with Gasteiger partial charge >= 0.3 is 5.97 Å². The number of nitrogens with two attached hydrogens (primary N) is 1. The van der Waals surface area contributed by atoms with Crippen molar-refractivity contribution in [1.82, 2.24) is 0 Å². The van der Waals surface area contributed by atoms with Crippen LogP contribution < -0.4 is 5.73 Å². The molecule has 0 amide bonds. The van der Waals surface area contributed by atoms with E-state index in [1.807, 2.05) is 24.3 Å². The first-order valence-electron chi connectivity index (χ1n) is 7.39. The molecule has 1 saturated heterocycles. The Bertz CT molecular complexity index is 473. The standard InChI is InChI=1S/C16H21NO3/c17-10-12-6-8-13(9-7-12)16(11-19-16)15(18)20-14-4-2-1-3-5-14/h6-9,14H,1-5,10-11,17H2. The Morgan fingerprint density at radius 2 is 1.90 bits per heavy atom. The maximum Gasteiger partial charge on any atom is 0.345 e. The summed E-state index contributed by atoms with van der Waals surface area (Å²) in [6.45, 7) is 0.918. The van der Waals surface area contributed by atoms with Crippen LogP contribution in [0.5, 0.6) is 0 Å². The minimum Gasteiger partial charge on any atom is -0.460 e. The lowest BCUT2D eigenvalue weighted by atomic mass is 9.96. The molecular formula is C16H21NO3. The van der Waals surface area contributed by atoms with Crippen LogP contribution >= 0.6 is 0 Å². The quantitative estimate of drug-likeness (QED) is 0.676. The number of hydrogen-bond acceptors (Lipinski definition) is 4. The van der Waals surface area contributed by atoms with E-state index in [4.69, 9.17) is 15.2 Å². The average molecular weight is 275 g/mol. The number of rotatable bonds is 4. The van der Waals surface area contributed by atoms with Crippen LogP contribution in [0.4, 0.5) is 0 Å². The van der Waals surface area contributed by atoms with E-state index in [-0.39, 0.29) is 12.1 Å². The third kappa shape index (κ3) is 2.58. The third-order valence-electron chi connectivity index (χ3n) is 4.24. The Morgan fingerprint density at radius 1 is 1.25 bits per heavy atom. The van der Waals surface area contributed by atoms with E-state index >= 15 is 0 Å². The summed E-state index contributed by atoms with van der Waals surface area (Å²) in [5.41, 5.74) is 6.65. The monoisotopic (exact) mass is 275 g/mol. The van der Waals surface area contributed by atoms with E-state index in [0.717, 1.165) is 36.8 Å². The van der Waals surface area contributed by atoms with Crippen LogP contribution in [-0.2, 0) is 26.4 Å². The molecule has 0 bridgehead atoms. The minimum absolute atomic E-state index is 0.0700. The summed E-state index contributed by atoms with van der Waals surface area (Å²) in [7, 11) is 0. The van der Waals surface area contributed by atoms with Gasteiger partial charge in [-0.25, -0.2) is 4.79 Å². The third-order valence-corrected chi connectivity index (χ3v) is 4.24. The first-order valence-corrected chi connectivity index (χ1v) is 7.39. The number of esters is 1. The fourth-order valence-electron chi connectivity index (χ4n) is 2.81. The van der Waals surface area contributed by atoms with Crippen LogP contribution in [0.25, 0.3) is 0 Å². The molecule has 1 aliphatic heterocycles. The van der Waals surface area contributed by atoms with E-state index in [9.17, 15) is 4.79 Å². The zero-order chi connectivity index (χ0) is 14.0. The number of hydrogen-bond donors (Lipinski definition) is 1. The molecule has 2 fully saturated rings. The van der Waals surface area contributed by atoms with Crippen molar-refractivity contribution in [3.63, 3.8) is 0 Å². The van der Waals surface area contributed by atoms with Gasteiger partial charge in [-0.05, 0) is 36.8 Å². The predicted octanol–water partition coefficient (Wildman–Crippen LogP) is 2.25. The molecule has 1 saturated carbocycles. The van der Waals surface area contributed by atoms with Gasteiger partial charge in [-0.2, -0.15) is 0 Å². The maximum atomic E-state index is 12.4. The molecule has 1 aromatic rings. The van der Waals surface area contributed by atoms with Crippen LogP contribution in [0.2, 0.25) is 0 Å². The minimum atomic E-state index is -0.857. The van der Waals surface area contributed by atoms with Crippen molar-refractivity contribution in [2.75, 3.05) is 6.61 Å². The molecule has 108 valence electrons. The fraction of sp³-hybridized carbons (Fsp3) is 0.562. The molecule has 0 aromatic heterocycles. The number of epoxide rings is 1. The molecule has 2 N–H and O–H groups in total. The topological polar surface area (TPSA) is 64.9 Å². The van der Waals surface area contributed by atoms with E-state index < -0.39 is 5.60 Å². The van der Waals surface area contributed by atoms with Crippen LogP contribution in [0.1, 0.15) is 43.2 Å². The van der Waals surface area contributed by atoms with Crippen LogP contribution in [-0.4, -0.2) is 18.7 Å². The van der Waals surface area contributed by atoms with Crippen molar-refractivity contribution >= 4 is 5.97 Å². The van der Waals surface area contributed by atoms with Gasteiger partial charge < -0.3 is 15.2 Å². The second-order valence-corrected chi connectivity index (χ2v) is 5.68. The van der Waals surface area contributed by atoms with Crippen LogP contribution in [0.15, 0.2) is 24.3 Å². The fourth-order valence-corrected chi connectivity index (χ4v) is 2.81. The molecule has 0 radical (unpaired) electrons. The first kappa shape index (κ1) is 13.6. The summed E-state index contributed by atoms with van der Waals surface area (Å²) in [6, 6.07) is 7.70. The molecular weight excluding hydrogens is 254 g/mol. The Labute approximate surface area is 119 Å². The molecule has 0 spiro atoms. The SMILES string of the molecule is NCc1ccc(C2(C(=O)OC3CCCCC3)CO2)cc1. The summed E-state index contributed by atoms with van der Waals surface area (Å²) in [4.78, 5) is 12.4. The highest BCUT2D eigenvalue weighted by Crippen LogP contribution is 2.41. The van der Waals surface area contributed by atoms with Gasteiger partial charge in [0.1, 0.15) is 6.10 Å². The second-order valence-electron chi connectivity index (χ2n) is 5.68. The number of carbonyl (C=O) groups is 1. The predicted molar refractivity (Wildman–Crippen MR) is 74.9 cm³/mol. The van der Waals surface area contributed by atoms with E-state index in [1.54, 1.807) is 0 Å². The molecule has 1 atom stereocenters. The van der Waals surface area contributed by atoms with E-state index in [2.05, 4.69) is 0 Å². The van der Waals surface area contributed by atoms with Gasteiger partial charge in [0.15, 0.2) is 0 Å². The van der Waals surface area contributed by atoms with Crippen molar-refractivity contribution < 1.29 is 14.3 Å². The van der Waals surface area contributed by atoms with Gasteiger partial charge in [-0.3, -0.25) is 0 Å². The van der Waals surface area contributed by atoms with Crippen molar-refractivity contribution in [1.29, 1.82) is 0 Å². The van der Waals surface area contributed by atoms with Crippen molar-refractivity contribution in [3.05, 3.63) is 35.4 Å². The van der Waals surface area contributed by atoms with Crippen molar-refractivity contribution in [2.24, 2.45) is 5.73 Å². The largest absolute Gasteiger partial charge is 0.460 e. The number of ether oxygens (including phenoxy) is 2. The van der Waals surface area contributed by atoms with Crippen LogP contribution in [0.3, 0.4) is 0 Å². The lowest BCUT2D eigenvalue weighted by Crippen LogP contribution is -2.30. The molecule has 1 aliphatic carbocycles. The smallest absolute Gasteiger partial charge is 0.345 e. The average Bonchev–Trinajstić information content (AvgIpc) is 3.30. The highest BCUT2D eigenvalue weighted by atomic mass is 16.6. The Balaban J connectivity index is 1.69. The lowest BCUT2D eigenvalue weighted by Gasteiger charge is -2.23. The van der Waals surface area contributed by atoms with Gasteiger partial charge in [-0.1, -0.05) is 30.7 Å². The molecule has 1 heterocycles. The molecule has 1 unspecified atom stereocenters. The molecule has 3 rings (SSSR count). The summed E-state index contributed by atoms with van der Waals surface area (Å²) >= 11 is 0. The molecule has 4 heteroatoms. The molecule has 2 aliphatic rings. The molecule has 1 aromatic carbocycles. The zero-order valence-corrected chi connectivity index (χ0v) is 11.6. The van der Waals surface area contributed by atoms with Crippen molar-refractivity contribution in [2.45, 2.75) is 50.4 Å². The van der Waals surface area contributed by atoms with Crippen molar-refractivity contribution in [3.8, 4) is 0 Å². The summed E-state index contributed by atoms with van der Waals surface area (Å²) < 4.78 is 11.1. The Hall–Kier alpha value is -1.39. The van der Waals surface area contributed by atoms with Gasteiger partial charge in [0.25, 0.3) is 0 Å².